The molecule has 2 aromatic rings. The van der Waals surface area contributed by atoms with Gasteiger partial charge in [-0.3, -0.25) is 24.7 Å². The SMILES string of the molecule is C=C1N=C(c2ccccc2F)c2cc([N+](=O)[O-])ccc2N2C(=O)C(N3CCN(C)CC3)N=C12. The molecule has 0 spiro atoms. The predicted octanol–water partition coefficient (Wildman–Crippen LogP) is 2.42. The van der Waals surface area contributed by atoms with Crippen LogP contribution in [0.5, 0.6) is 0 Å². The zero-order chi connectivity index (χ0) is 23.3. The highest BCUT2D eigenvalue weighted by Gasteiger charge is 2.43. The molecule has 3 heterocycles. The Morgan fingerprint density at radius 1 is 1.12 bits per heavy atom. The van der Waals surface area contributed by atoms with Crippen LogP contribution in [0.4, 0.5) is 15.8 Å². The number of halogens is 1. The number of fused-ring (bicyclic) bond motifs is 3. The number of nitro groups is 1. The van der Waals surface area contributed by atoms with E-state index in [-0.39, 0.29) is 40.0 Å². The smallest absolute Gasteiger partial charge is 0.272 e. The van der Waals surface area contributed by atoms with Crippen LogP contribution in [0.3, 0.4) is 0 Å². The lowest BCUT2D eigenvalue weighted by Crippen LogP contribution is -2.52. The predicted molar refractivity (Wildman–Crippen MR) is 122 cm³/mol. The third kappa shape index (κ3) is 3.53. The van der Waals surface area contributed by atoms with Crippen molar-refractivity contribution in [1.82, 2.24) is 9.80 Å². The van der Waals surface area contributed by atoms with Crippen molar-refractivity contribution in [2.24, 2.45) is 9.98 Å². The minimum absolute atomic E-state index is 0.158. The first-order valence-electron chi connectivity index (χ1n) is 10.5. The van der Waals surface area contributed by atoms with Crippen molar-refractivity contribution in [3.05, 3.63) is 81.8 Å². The number of anilines is 1. The molecular weight excluding hydrogens is 427 g/mol. The molecule has 0 radical (unpaired) electrons. The Morgan fingerprint density at radius 3 is 2.55 bits per heavy atom. The molecule has 1 saturated heterocycles. The number of piperazine rings is 1. The average molecular weight is 448 g/mol. The molecule has 0 N–H and O–H groups in total. The highest BCUT2D eigenvalue weighted by Crippen LogP contribution is 2.36. The monoisotopic (exact) mass is 448 g/mol. The van der Waals surface area contributed by atoms with Crippen molar-refractivity contribution in [1.29, 1.82) is 0 Å². The Hall–Kier alpha value is -3.76. The number of hydrogen-bond donors (Lipinski definition) is 0. The molecule has 9 nitrogen and oxygen atoms in total. The van der Waals surface area contributed by atoms with Gasteiger partial charge >= 0.3 is 0 Å². The van der Waals surface area contributed by atoms with Crippen LogP contribution >= 0.6 is 0 Å². The number of carbonyl (C=O) groups excluding carboxylic acids is 1. The first-order chi connectivity index (χ1) is 15.8. The summed E-state index contributed by atoms with van der Waals surface area (Å²) in [5, 5.41) is 11.5. The Labute approximate surface area is 189 Å². The second kappa shape index (κ2) is 7.98. The number of carbonyl (C=O) groups is 1. The van der Waals surface area contributed by atoms with Gasteiger partial charge in [0.1, 0.15) is 5.82 Å². The summed E-state index contributed by atoms with van der Waals surface area (Å²) in [5.41, 5.74) is 0.959. The molecule has 1 atom stereocenters. The normalized spacial score (nSPS) is 21.3. The summed E-state index contributed by atoms with van der Waals surface area (Å²) >= 11 is 0. The summed E-state index contributed by atoms with van der Waals surface area (Å²) in [7, 11) is 2.02. The molecule has 1 amide bonds. The Kier molecular flexibility index (Phi) is 5.10. The van der Waals surface area contributed by atoms with Crippen molar-refractivity contribution >= 4 is 28.8 Å². The van der Waals surface area contributed by atoms with Crippen molar-refractivity contribution in [3.8, 4) is 0 Å². The number of amides is 1. The maximum Gasteiger partial charge on any atom is 0.272 e. The van der Waals surface area contributed by atoms with Gasteiger partial charge in [0.05, 0.1) is 22.0 Å². The molecule has 10 heteroatoms. The van der Waals surface area contributed by atoms with Gasteiger partial charge in [0.25, 0.3) is 11.6 Å². The summed E-state index contributed by atoms with van der Waals surface area (Å²) in [5.74, 6) is -0.548. The fourth-order valence-electron chi connectivity index (χ4n) is 4.32. The molecule has 5 rings (SSSR count). The maximum atomic E-state index is 14.7. The number of hydrogen-bond acceptors (Lipinski definition) is 7. The van der Waals surface area contributed by atoms with E-state index in [1.807, 2.05) is 11.9 Å². The second-order valence-corrected chi connectivity index (χ2v) is 8.18. The molecule has 0 aromatic heterocycles. The lowest BCUT2D eigenvalue weighted by atomic mass is 9.99. The van der Waals surface area contributed by atoms with Crippen LogP contribution in [0, 0.1) is 15.9 Å². The van der Waals surface area contributed by atoms with Crippen molar-refractivity contribution in [2.45, 2.75) is 6.17 Å². The van der Waals surface area contributed by atoms with Gasteiger partial charge in [0.2, 0.25) is 0 Å². The molecule has 3 aliphatic rings. The van der Waals surface area contributed by atoms with E-state index in [2.05, 4.69) is 21.5 Å². The van der Waals surface area contributed by atoms with E-state index in [0.717, 1.165) is 13.1 Å². The number of nitrogens with zero attached hydrogens (tertiary/aromatic N) is 6. The summed E-state index contributed by atoms with van der Waals surface area (Å²) in [6.45, 7) is 6.98. The Bertz CT molecular complexity index is 1250. The number of benzene rings is 2. The van der Waals surface area contributed by atoms with Crippen molar-refractivity contribution < 1.29 is 14.1 Å². The van der Waals surface area contributed by atoms with Gasteiger partial charge in [0.15, 0.2) is 12.0 Å². The number of rotatable bonds is 3. The standard InChI is InChI=1S/C23H21FN6O3/c1-14-21-26-22(28-11-9-27(2)10-12-28)23(31)29(21)19-8-7-15(30(32)33)13-17(19)20(25-14)16-5-3-4-6-18(16)24/h3-8,13,22H,1,9-12H2,2H3. The first-order valence-corrected chi connectivity index (χ1v) is 10.5. The number of amidine groups is 1. The minimum atomic E-state index is -0.723. The number of nitro benzene ring substituents is 1. The number of aliphatic imine (C=N–C) groups is 2. The van der Waals surface area contributed by atoms with Gasteiger partial charge in [-0.05, 0) is 25.2 Å². The average Bonchev–Trinajstić information content (AvgIpc) is 3.09. The van der Waals surface area contributed by atoms with Crippen LogP contribution in [0.25, 0.3) is 0 Å². The van der Waals surface area contributed by atoms with Gasteiger partial charge in [-0.25, -0.2) is 14.4 Å². The first kappa shape index (κ1) is 21.1. The molecule has 1 unspecified atom stereocenters. The number of likely N-dealkylation sites (N-methyl/N-ethyl adjacent to an activating group) is 1. The van der Waals surface area contributed by atoms with Crippen LogP contribution in [-0.2, 0) is 4.79 Å². The Morgan fingerprint density at radius 2 is 1.85 bits per heavy atom. The van der Waals surface area contributed by atoms with E-state index < -0.39 is 16.9 Å². The molecule has 168 valence electrons. The van der Waals surface area contributed by atoms with E-state index in [4.69, 9.17) is 0 Å². The molecule has 3 aliphatic heterocycles. The van der Waals surface area contributed by atoms with Crippen LogP contribution in [0.2, 0.25) is 0 Å². The topological polar surface area (TPSA) is 94.6 Å². The summed E-state index contributed by atoms with van der Waals surface area (Å²) in [6.07, 6.45) is -0.723. The molecule has 2 aromatic carbocycles. The van der Waals surface area contributed by atoms with Crippen LogP contribution in [-0.4, -0.2) is 71.6 Å². The summed E-state index contributed by atoms with van der Waals surface area (Å²) in [6, 6.07) is 10.1. The fourth-order valence-corrected chi connectivity index (χ4v) is 4.32. The molecule has 33 heavy (non-hydrogen) atoms. The van der Waals surface area contributed by atoms with E-state index in [1.54, 1.807) is 12.1 Å². The van der Waals surface area contributed by atoms with Crippen LogP contribution in [0.15, 0.2) is 64.7 Å². The number of non-ortho nitro benzene ring substituents is 1. The van der Waals surface area contributed by atoms with Gasteiger partial charge < -0.3 is 4.90 Å². The lowest BCUT2D eigenvalue weighted by Gasteiger charge is -2.34. The third-order valence-electron chi connectivity index (χ3n) is 6.10. The molecular formula is C23H21FN6O3. The molecule has 0 bridgehead atoms. The van der Waals surface area contributed by atoms with E-state index in [9.17, 15) is 19.3 Å². The van der Waals surface area contributed by atoms with Crippen LogP contribution < -0.4 is 4.90 Å². The van der Waals surface area contributed by atoms with Gasteiger partial charge in [0, 0.05) is 49.4 Å². The van der Waals surface area contributed by atoms with Gasteiger partial charge in [-0.2, -0.15) is 0 Å². The highest BCUT2D eigenvalue weighted by molar-refractivity contribution is 6.33. The molecule has 0 aliphatic carbocycles. The van der Waals surface area contributed by atoms with E-state index in [1.165, 1.54) is 35.2 Å². The fraction of sp³-hybridized carbons (Fsp3) is 0.261. The largest absolute Gasteiger partial charge is 0.304 e. The van der Waals surface area contributed by atoms with E-state index >= 15 is 0 Å². The zero-order valence-electron chi connectivity index (χ0n) is 17.9. The zero-order valence-corrected chi connectivity index (χ0v) is 17.9. The lowest BCUT2D eigenvalue weighted by molar-refractivity contribution is -0.384. The Balaban J connectivity index is 1.67. The van der Waals surface area contributed by atoms with Crippen molar-refractivity contribution in [2.75, 3.05) is 38.1 Å². The van der Waals surface area contributed by atoms with E-state index in [0.29, 0.717) is 18.8 Å². The molecule has 0 saturated carbocycles. The maximum absolute atomic E-state index is 14.7. The summed E-state index contributed by atoms with van der Waals surface area (Å²) in [4.78, 5) is 39.3. The van der Waals surface area contributed by atoms with Crippen molar-refractivity contribution in [3.63, 3.8) is 0 Å². The minimum Gasteiger partial charge on any atom is -0.304 e. The van der Waals surface area contributed by atoms with Gasteiger partial charge in [-0.1, -0.05) is 18.7 Å². The quantitative estimate of drug-likeness (QED) is 0.531. The van der Waals surface area contributed by atoms with Crippen LogP contribution in [0.1, 0.15) is 11.1 Å². The third-order valence-corrected chi connectivity index (χ3v) is 6.10. The summed E-state index contributed by atoms with van der Waals surface area (Å²) < 4.78 is 14.7. The van der Waals surface area contributed by atoms with Gasteiger partial charge in [-0.15, -0.1) is 0 Å². The second-order valence-electron chi connectivity index (χ2n) is 8.18. The molecule has 1 fully saturated rings. The highest BCUT2D eigenvalue weighted by atomic mass is 19.1.